The zero-order valence-electron chi connectivity index (χ0n) is 22.1. The second-order valence-electron chi connectivity index (χ2n) is 12.2. The number of likely N-dealkylation sites (tertiary alicyclic amines) is 1. The molecule has 1 aromatic heterocycles. The molecule has 7 nitrogen and oxygen atoms in total. The van der Waals surface area contributed by atoms with Crippen molar-refractivity contribution in [2.45, 2.75) is 75.5 Å². The van der Waals surface area contributed by atoms with Gasteiger partial charge in [0.1, 0.15) is 5.82 Å². The normalized spacial score (nSPS) is 34.2. The Morgan fingerprint density at radius 3 is 2.54 bits per heavy atom. The van der Waals surface area contributed by atoms with E-state index in [1.165, 1.54) is 12.1 Å². The van der Waals surface area contributed by atoms with E-state index >= 15 is 0 Å². The van der Waals surface area contributed by atoms with E-state index in [1.54, 1.807) is 6.20 Å². The summed E-state index contributed by atoms with van der Waals surface area (Å²) in [7, 11) is 0. The van der Waals surface area contributed by atoms with Crippen LogP contribution < -0.4 is 11.1 Å². The lowest BCUT2D eigenvalue weighted by Gasteiger charge is -2.34. The van der Waals surface area contributed by atoms with Crippen LogP contribution in [0.4, 0.5) is 5.82 Å². The molecule has 2 saturated heterocycles. The summed E-state index contributed by atoms with van der Waals surface area (Å²) in [6.45, 7) is 8.39. The SMILES string of the molecule is CC1[C@H]2CN(C3CCOCC3)C[C@@]12c1ccc(-c2cnc(N)c(C(=O)NC3CCC(C)(O)CC3)c2)cc1. The second kappa shape index (κ2) is 9.37. The number of fused-ring (bicyclic) bond motifs is 1. The number of benzene rings is 1. The van der Waals surface area contributed by atoms with Gasteiger partial charge in [-0.15, -0.1) is 0 Å². The minimum atomic E-state index is -0.632. The second-order valence-corrected chi connectivity index (χ2v) is 12.2. The summed E-state index contributed by atoms with van der Waals surface area (Å²) >= 11 is 0. The van der Waals surface area contributed by atoms with Crippen LogP contribution in [0.5, 0.6) is 0 Å². The van der Waals surface area contributed by atoms with E-state index in [0.717, 1.165) is 62.5 Å². The van der Waals surface area contributed by atoms with Gasteiger partial charge in [-0.25, -0.2) is 4.98 Å². The van der Waals surface area contributed by atoms with E-state index < -0.39 is 5.60 Å². The first kappa shape index (κ1) is 24.8. The topological polar surface area (TPSA) is 101 Å². The molecule has 4 fully saturated rings. The van der Waals surface area contributed by atoms with E-state index in [4.69, 9.17) is 10.5 Å². The molecule has 1 unspecified atom stereocenters. The molecule has 2 saturated carbocycles. The van der Waals surface area contributed by atoms with Crippen LogP contribution in [0.1, 0.15) is 68.3 Å². The number of amides is 1. The first-order chi connectivity index (χ1) is 17.8. The molecule has 198 valence electrons. The standard InChI is InChI=1S/C30H40N4O3/c1-19-26-17-34(24-9-13-37-14-10-24)18-30(19,26)22-5-3-20(4-6-22)21-15-25(27(31)32-16-21)28(35)33-23-7-11-29(2,36)12-8-23/h3-6,15-16,19,23-24,26,36H,7-14,17-18H2,1-2H3,(H2,31,32)(H,33,35)/t19?,23?,26-,29?,30+/m1/s1. The van der Waals surface area contributed by atoms with Crippen LogP contribution >= 0.6 is 0 Å². The molecule has 7 heteroatoms. The molecule has 0 bridgehead atoms. The Kier molecular flexibility index (Phi) is 6.29. The summed E-state index contributed by atoms with van der Waals surface area (Å²) in [4.78, 5) is 20.1. The summed E-state index contributed by atoms with van der Waals surface area (Å²) in [5.74, 6) is 1.50. The molecule has 1 amide bonds. The molecule has 3 atom stereocenters. The Morgan fingerprint density at radius 2 is 1.84 bits per heavy atom. The number of nitrogens with two attached hydrogens (primary N) is 1. The number of rotatable bonds is 5. The lowest BCUT2D eigenvalue weighted by Crippen LogP contribution is -2.42. The van der Waals surface area contributed by atoms with Gasteiger partial charge in [0.05, 0.1) is 11.2 Å². The molecular formula is C30H40N4O3. The van der Waals surface area contributed by atoms with Crippen LogP contribution in [-0.2, 0) is 10.2 Å². The molecule has 0 radical (unpaired) electrons. The maximum atomic E-state index is 13.0. The van der Waals surface area contributed by atoms with Crippen molar-refractivity contribution in [3.8, 4) is 11.1 Å². The Labute approximate surface area is 219 Å². The van der Waals surface area contributed by atoms with Crippen LogP contribution in [-0.4, -0.2) is 64.9 Å². The fraction of sp³-hybridized carbons (Fsp3) is 0.600. The third-order valence-corrected chi connectivity index (χ3v) is 9.89. The van der Waals surface area contributed by atoms with Gasteiger partial charge in [-0.1, -0.05) is 31.2 Å². The van der Waals surface area contributed by atoms with Crippen LogP contribution in [0.25, 0.3) is 11.1 Å². The van der Waals surface area contributed by atoms with Crippen LogP contribution in [0.15, 0.2) is 36.5 Å². The molecular weight excluding hydrogens is 464 g/mol. The number of hydrogen-bond acceptors (Lipinski definition) is 6. The number of nitrogens with one attached hydrogen (secondary N) is 1. The third-order valence-electron chi connectivity index (χ3n) is 9.89. The molecule has 2 aromatic rings. The number of nitrogen functional groups attached to an aromatic ring is 1. The minimum absolute atomic E-state index is 0.0508. The third kappa shape index (κ3) is 4.55. The van der Waals surface area contributed by atoms with Crippen molar-refractivity contribution in [3.63, 3.8) is 0 Å². The first-order valence-electron chi connectivity index (χ1n) is 14.0. The van der Waals surface area contributed by atoms with Crippen molar-refractivity contribution in [2.75, 3.05) is 32.0 Å². The molecule has 4 aliphatic rings. The van der Waals surface area contributed by atoms with Crippen molar-refractivity contribution in [1.82, 2.24) is 15.2 Å². The van der Waals surface area contributed by atoms with E-state index in [0.29, 0.717) is 30.4 Å². The van der Waals surface area contributed by atoms with Gasteiger partial charge in [0.2, 0.25) is 0 Å². The van der Waals surface area contributed by atoms with Gasteiger partial charge in [0.25, 0.3) is 5.91 Å². The number of pyridine rings is 1. The molecule has 4 N–H and O–H groups in total. The van der Waals surface area contributed by atoms with Gasteiger partial charge >= 0.3 is 0 Å². The van der Waals surface area contributed by atoms with Crippen LogP contribution in [0, 0.1) is 11.8 Å². The van der Waals surface area contributed by atoms with Gasteiger partial charge < -0.3 is 20.9 Å². The van der Waals surface area contributed by atoms with Crippen LogP contribution in [0.2, 0.25) is 0 Å². The number of nitrogens with zero attached hydrogens (tertiary/aromatic N) is 2. The number of hydrogen-bond donors (Lipinski definition) is 3. The summed E-state index contributed by atoms with van der Waals surface area (Å²) < 4.78 is 5.59. The predicted octanol–water partition coefficient (Wildman–Crippen LogP) is 3.75. The van der Waals surface area contributed by atoms with Gasteiger partial charge in [0, 0.05) is 55.6 Å². The summed E-state index contributed by atoms with van der Waals surface area (Å²) in [5.41, 5.74) is 9.53. The first-order valence-corrected chi connectivity index (χ1v) is 14.0. The number of anilines is 1. The van der Waals surface area contributed by atoms with Crippen molar-refractivity contribution in [1.29, 1.82) is 0 Å². The zero-order chi connectivity index (χ0) is 25.8. The molecule has 6 rings (SSSR count). The average molecular weight is 505 g/mol. The quantitative estimate of drug-likeness (QED) is 0.573. The molecule has 3 heterocycles. The van der Waals surface area contributed by atoms with Gasteiger partial charge in [-0.2, -0.15) is 0 Å². The van der Waals surface area contributed by atoms with E-state index in [9.17, 15) is 9.90 Å². The predicted molar refractivity (Wildman–Crippen MR) is 144 cm³/mol. The van der Waals surface area contributed by atoms with Crippen molar-refractivity contribution in [2.24, 2.45) is 11.8 Å². The number of carbonyl (C=O) groups is 1. The Morgan fingerprint density at radius 1 is 1.14 bits per heavy atom. The highest BCUT2D eigenvalue weighted by Gasteiger charge is 2.67. The zero-order valence-corrected chi connectivity index (χ0v) is 22.1. The maximum Gasteiger partial charge on any atom is 0.255 e. The number of carbonyl (C=O) groups excluding carboxylic acids is 1. The number of piperidine rings is 1. The fourth-order valence-corrected chi connectivity index (χ4v) is 7.29. The largest absolute Gasteiger partial charge is 0.390 e. The van der Waals surface area contributed by atoms with E-state index in [2.05, 4.69) is 46.4 Å². The fourth-order valence-electron chi connectivity index (χ4n) is 7.29. The highest BCUT2D eigenvalue weighted by Crippen LogP contribution is 2.64. The smallest absolute Gasteiger partial charge is 0.255 e. The van der Waals surface area contributed by atoms with Gasteiger partial charge in [-0.05, 0) is 74.5 Å². The monoisotopic (exact) mass is 504 g/mol. The summed E-state index contributed by atoms with van der Waals surface area (Å²) in [5, 5.41) is 13.3. The molecule has 1 aromatic carbocycles. The molecule has 2 aliphatic carbocycles. The Balaban J connectivity index is 1.16. The van der Waals surface area contributed by atoms with Crippen LogP contribution in [0.3, 0.4) is 0 Å². The summed E-state index contributed by atoms with van der Waals surface area (Å²) in [6, 6.07) is 11.5. The minimum Gasteiger partial charge on any atom is -0.390 e. The Hall–Kier alpha value is -2.48. The molecule has 37 heavy (non-hydrogen) atoms. The van der Waals surface area contributed by atoms with Crippen molar-refractivity contribution in [3.05, 3.63) is 47.7 Å². The van der Waals surface area contributed by atoms with Gasteiger partial charge in [-0.3, -0.25) is 9.69 Å². The average Bonchev–Trinajstić information content (AvgIpc) is 3.25. The number of aliphatic hydroxyl groups is 1. The number of aromatic nitrogens is 1. The molecule has 2 aliphatic heterocycles. The number of ether oxygens (including phenoxy) is 1. The highest BCUT2D eigenvalue weighted by atomic mass is 16.5. The Bertz CT molecular complexity index is 1150. The van der Waals surface area contributed by atoms with E-state index in [1.807, 2.05) is 13.0 Å². The highest BCUT2D eigenvalue weighted by molar-refractivity contribution is 5.99. The molecule has 0 spiro atoms. The van der Waals surface area contributed by atoms with Crippen molar-refractivity contribution >= 4 is 11.7 Å². The van der Waals surface area contributed by atoms with E-state index in [-0.39, 0.29) is 23.2 Å². The lowest BCUT2D eigenvalue weighted by molar-refractivity contribution is 0.0140. The maximum absolute atomic E-state index is 13.0. The summed E-state index contributed by atoms with van der Waals surface area (Å²) in [6.07, 6.45) is 6.95. The lowest BCUT2D eigenvalue weighted by atomic mass is 9.83. The van der Waals surface area contributed by atoms with Crippen molar-refractivity contribution < 1.29 is 14.6 Å². The van der Waals surface area contributed by atoms with Gasteiger partial charge in [0.15, 0.2) is 0 Å².